The zero-order valence-electron chi connectivity index (χ0n) is 12.4. The van der Waals surface area contributed by atoms with E-state index in [4.69, 9.17) is 10.5 Å². The number of nitrogens with zero attached hydrogens (tertiary/aromatic N) is 1. The van der Waals surface area contributed by atoms with Crippen LogP contribution in [0, 0.1) is 5.92 Å². The molecule has 0 radical (unpaired) electrons. The van der Waals surface area contributed by atoms with Gasteiger partial charge in [-0.15, -0.1) is 0 Å². The molecule has 1 aromatic carbocycles. The third kappa shape index (κ3) is 2.91. The number of hydrogen-bond donors (Lipinski definition) is 2. The highest BCUT2D eigenvalue weighted by molar-refractivity contribution is 5.53. The van der Waals surface area contributed by atoms with Crippen LogP contribution in [0.1, 0.15) is 26.7 Å². The van der Waals surface area contributed by atoms with Gasteiger partial charge < -0.3 is 20.7 Å². The van der Waals surface area contributed by atoms with Gasteiger partial charge in [0.15, 0.2) is 0 Å². The Kier molecular flexibility index (Phi) is 3.85. The largest absolute Gasteiger partial charge is 0.491 e. The molecule has 20 heavy (non-hydrogen) atoms. The molecule has 1 heterocycles. The number of hydrogen-bond acceptors (Lipinski definition) is 4. The van der Waals surface area contributed by atoms with Gasteiger partial charge in [-0.1, -0.05) is 6.07 Å². The molecule has 0 bridgehead atoms. The molecule has 2 atom stereocenters. The molecule has 4 nitrogen and oxygen atoms in total. The molecule has 1 saturated heterocycles. The van der Waals surface area contributed by atoms with Crippen molar-refractivity contribution in [1.82, 2.24) is 5.32 Å². The smallest absolute Gasteiger partial charge is 0.121 e. The molecule has 2 aliphatic rings. The summed E-state index contributed by atoms with van der Waals surface area (Å²) in [6, 6.07) is 8.87. The van der Waals surface area contributed by atoms with Crippen LogP contribution in [-0.2, 0) is 0 Å². The fourth-order valence-corrected chi connectivity index (χ4v) is 3.07. The van der Waals surface area contributed by atoms with Gasteiger partial charge in [0.05, 0.1) is 12.3 Å². The van der Waals surface area contributed by atoms with Crippen LogP contribution in [-0.4, -0.2) is 31.4 Å². The van der Waals surface area contributed by atoms with E-state index >= 15 is 0 Å². The summed E-state index contributed by atoms with van der Waals surface area (Å²) >= 11 is 0. The van der Waals surface area contributed by atoms with E-state index in [-0.39, 0.29) is 12.3 Å². The van der Waals surface area contributed by atoms with E-state index in [1.807, 2.05) is 6.07 Å². The molecular formula is C16H25N3O. The first kappa shape index (κ1) is 13.7. The lowest BCUT2D eigenvalue weighted by molar-refractivity contribution is 0.242. The van der Waals surface area contributed by atoms with Crippen molar-refractivity contribution in [2.45, 2.75) is 45.0 Å². The van der Waals surface area contributed by atoms with E-state index in [0.29, 0.717) is 6.04 Å². The number of ether oxygens (including phenoxy) is 1. The predicted molar refractivity (Wildman–Crippen MR) is 82.0 cm³/mol. The SMILES string of the molecule is CC(C)Oc1cccc(N2C(N)CNCC2C2CC2)c1. The van der Waals surface area contributed by atoms with Crippen LogP contribution in [0.3, 0.4) is 0 Å². The minimum absolute atomic E-state index is 0.0450. The second kappa shape index (κ2) is 5.62. The molecule has 3 N–H and O–H groups in total. The topological polar surface area (TPSA) is 50.5 Å². The number of nitrogens with one attached hydrogen (secondary N) is 1. The summed E-state index contributed by atoms with van der Waals surface area (Å²) < 4.78 is 5.81. The van der Waals surface area contributed by atoms with Gasteiger partial charge in [-0.05, 0) is 44.7 Å². The fraction of sp³-hybridized carbons (Fsp3) is 0.625. The fourth-order valence-electron chi connectivity index (χ4n) is 3.07. The highest BCUT2D eigenvalue weighted by Gasteiger charge is 2.39. The second-order valence-corrected chi connectivity index (χ2v) is 6.20. The Bertz CT molecular complexity index is 459. The highest BCUT2D eigenvalue weighted by Crippen LogP contribution is 2.38. The minimum atomic E-state index is 0.0450. The summed E-state index contributed by atoms with van der Waals surface area (Å²) in [6.45, 7) is 5.98. The lowest BCUT2D eigenvalue weighted by Gasteiger charge is -2.43. The monoisotopic (exact) mass is 275 g/mol. The predicted octanol–water partition coefficient (Wildman–Crippen LogP) is 1.95. The normalized spacial score (nSPS) is 26.9. The van der Waals surface area contributed by atoms with Gasteiger partial charge in [-0.25, -0.2) is 0 Å². The Morgan fingerprint density at radius 3 is 2.80 bits per heavy atom. The van der Waals surface area contributed by atoms with Crippen molar-refractivity contribution in [2.24, 2.45) is 11.7 Å². The van der Waals surface area contributed by atoms with Crippen molar-refractivity contribution >= 4 is 5.69 Å². The van der Waals surface area contributed by atoms with Crippen LogP contribution in [0.5, 0.6) is 5.75 Å². The van der Waals surface area contributed by atoms with Crippen LogP contribution >= 0.6 is 0 Å². The lowest BCUT2D eigenvalue weighted by Crippen LogP contribution is -2.62. The average Bonchev–Trinajstić information content (AvgIpc) is 3.22. The van der Waals surface area contributed by atoms with Gasteiger partial charge in [0.2, 0.25) is 0 Å². The van der Waals surface area contributed by atoms with Crippen LogP contribution in [0.15, 0.2) is 24.3 Å². The van der Waals surface area contributed by atoms with Gasteiger partial charge in [0.1, 0.15) is 5.75 Å². The van der Waals surface area contributed by atoms with Crippen molar-refractivity contribution in [1.29, 1.82) is 0 Å². The number of piperazine rings is 1. The summed E-state index contributed by atoms with van der Waals surface area (Å²) in [6.07, 6.45) is 2.90. The summed E-state index contributed by atoms with van der Waals surface area (Å²) in [5.74, 6) is 1.72. The Labute approximate surface area is 121 Å². The molecule has 3 rings (SSSR count). The standard InChI is InChI=1S/C16H25N3O/c1-11(2)20-14-5-3-4-13(8-14)19-15(12-6-7-12)9-18-10-16(19)17/h3-5,8,11-12,15-16,18H,6-7,9-10,17H2,1-2H3. The van der Waals surface area contributed by atoms with E-state index in [9.17, 15) is 0 Å². The molecule has 0 amide bonds. The first-order valence-electron chi connectivity index (χ1n) is 7.66. The van der Waals surface area contributed by atoms with Gasteiger partial charge >= 0.3 is 0 Å². The molecule has 0 aromatic heterocycles. The number of anilines is 1. The Morgan fingerprint density at radius 2 is 2.10 bits per heavy atom. The summed E-state index contributed by atoms with van der Waals surface area (Å²) in [5, 5.41) is 3.45. The number of rotatable bonds is 4. The van der Waals surface area contributed by atoms with E-state index in [2.05, 4.69) is 42.3 Å². The molecule has 2 fully saturated rings. The number of benzene rings is 1. The molecule has 1 aromatic rings. The average molecular weight is 275 g/mol. The zero-order chi connectivity index (χ0) is 14.1. The van der Waals surface area contributed by atoms with Crippen molar-refractivity contribution in [3.8, 4) is 5.75 Å². The molecule has 4 heteroatoms. The van der Waals surface area contributed by atoms with E-state index < -0.39 is 0 Å². The minimum Gasteiger partial charge on any atom is -0.491 e. The lowest BCUT2D eigenvalue weighted by atomic mass is 10.1. The molecule has 1 aliphatic carbocycles. The van der Waals surface area contributed by atoms with E-state index in [0.717, 1.165) is 24.8 Å². The maximum Gasteiger partial charge on any atom is 0.121 e. The van der Waals surface area contributed by atoms with Gasteiger partial charge in [0.25, 0.3) is 0 Å². The summed E-state index contributed by atoms with van der Waals surface area (Å²) in [5.41, 5.74) is 7.53. The molecule has 0 spiro atoms. The third-order valence-electron chi connectivity index (χ3n) is 4.08. The van der Waals surface area contributed by atoms with Crippen molar-refractivity contribution in [3.63, 3.8) is 0 Å². The van der Waals surface area contributed by atoms with Gasteiger partial charge in [0, 0.05) is 30.9 Å². The molecule has 110 valence electrons. The Morgan fingerprint density at radius 1 is 1.30 bits per heavy atom. The van der Waals surface area contributed by atoms with Crippen molar-refractivity contribution in [3.05, 3.63) is 24.3 Å². The number of nitrogens with two attached hydrogens (primary N) is 1. The molecule has 1 aliphatic heterocycles. The third-order valence-corrected chi connectivity index (χ3v) is 4.08. The Balaban J connectivity index is 1.84. The van der Waals surface area contributed by atoms with Crippen LogP contribution in [0.4, 0.5) is 5.69 Å². The van der Waals surface area contributed by atoms with Gasteiger partial charge in [-0.2, -0.15) is 0 Å². The maximum absolute atomic E-state index is 6.34. The summed E-state index contributed by atoms with van der Waals surface area (Å²) in [4.78, 5) is 2.39. The van der Waals surface area contributed by atoms with Crippen molar-refractivity contribution in [2.75, 3.05) is 18.0 Å². The molecular weight excluding hydrogens is 250 g/mol. The summed E-state index contributed by atoms with van der Waals surface area (Å²) in [7, 11) is 0. The van der Waals surface area contributed by atoms with Gasteiger partial charge in [-0.3, -0.25) is 0 Å². The Hall–Kier alpha value is -1.26. The quantitative estimate of drug-likeness (QED) is 0.882. The highest BCUT2D eigenvalue weighted by atomic mass is 16.5. The molecule has 1 saturated carbocycles. The van der Waals surface area contributed by atoms with Crippen LogP contribution < -0.4 is 20.7 Å². The van der Waals surface area contributed by atoms with E-state index in [1.54, 1.807) is 0 Å². The maximum atomic E-state index is 6.34. The van der Waals surface area contributed by atoms with Crippen LogP contribution in [0.25, 0.3) is 0 Å². The zero-order valence-corrected chi connectivity index (χ0v) is 12.4. The molecule has 2 unspecified atom stereocenters. The first-order valence-corrected chi connectivity index (χ1v) is 7.66. The van der Waals surface area contributed by atoms with Crippen LogP contribution in [0.2, 0.25) is 0 Å². The van der Waals surface area contributed by atoms with Crippen molar-refractivity contribution < 1.29 is 4.74 Å². The second-order valence-electron chi connectivity index (χ2n) is 6.20. The first-order chi connectivity index (χ1) is 9.65. The van der Waals surface area contributed by atoms with E-state index in [1.165, 1.54) is 18.5 Å².